The van der Waals surface area contributed by atoms with Crippen molar-refractivity contribution in [2.75, 3.05) is 26.2 Å². The zero-order valence-corrected chi connectivity index (χ0v) is 14.0. The first kappa shape index (κ1) is 16.8. The molecule has 0 atom stereocenters. The van der Waals surface area contributed by atoms with Crippen LogP contribution in [0.1, 0.15) is 44.6 Å². The SMILES string of the molecule is CCCCCNCC1CCN(Cc2ccc(Cl)cc2)CC1. The predicted molar refractivity (Wildman–Crippen MR) is 91.8 cm³/mol. The van der Waals surface area contributed by atoms with Gasteiger partial charge in [-0.25, -0.2) is 0 Å². The van der Waals surface area contributed by atoms with Crippen molar-refractivity contribution in [1.82, 2.24) is 10.2 Å². The summed E-state index contributed by atoms with van der Waals surface area (Å²) in [6.07, 6.45) is 6.64. The second kappa shape index (κ2) is 9.45. The number of halogens is 1. The Hall–Kier alpha value is -0.570. The van der Waals surface area contributed by atoms with Gasteiger partial charge >= 0.3 is 0 Å². The van der Waals surface area contributed by atoms with Gasteiger partial charge in [0, 0.05) is 11.6 Å². The molecule has 0 aliphatic carbocycles. The van der Waals surface area contributed by atoms with Gasteiger partial charge in [0.15, 0.2) is 0 Å². The average Bonchev–Trinajstić information content (AvgIpc) is 2.51. The van der Waals surface area contributed by atoms with Crippen LogP contribution in [0.2, 0.25) is 5.02 Å². The number of unbranched alkanes of at least 4 members (excludes halogenated alkanes) is 2. The first-order valence-corrected chi connectivity index (χ1v) is 8.83. The molecule has 0 bridgehead atoms. The molecule has 1 aliphatic heterocycles. The molecule has 1 aromatic carbocycles. The van der Waals surface area contributed by atoms with Crippen molar-refractivity contribution in [2.24, 2.45) is 5.92 Å². The van der Waals surface area contributed by atoms with Gasteiger partial charge in [0.25, 0.3) is 0 Å². The van der Waals surface area contributed by atoms with E-state index in [4.69, 9.17) is 11.6 Å². The van der Waals surface area contributed by atoms with Crippen LogP contribution in [-0.4, -0.2) is 31.1 Å². The normalized spacial score (nSPS) is 17.2. The second-order valence-corrected chi connectivity index (χ2v) is 6.69. The van der Waals surface area contributed by atoms with Gasteiger partial charge < -0.3 is 5.32 Å². The number of hydrogen-bond acceptors (Lipinski definition) is 2. The lowest BCUT2D eigenvalue weighted by Crippen LogP contribution is -2.37. The van der Waals surface area contributed by atoms with Crippen LogP contribution in [0.5, 0.6) is 0 Å². The molecule has 2 nitrogen and oxygen atoms in total. The minimum absolute atomic E-state index is 0.826. The summed E-state index contributed by atoms with van der Waals surface area (Å²) in [4.78, 5) is 2.57. The standard InChI is InChI=1S/C18H29ClN2/c1-2-3-4-11-20-14-16-9-12-21(13-10-16)15-17-5-7-18(19)8-6-17/h5-8,16,20H,2-4,9-15H2,1H3. The Kier molecular flexibility index (Phi) is 7.56. The summed E-state index contributed by atoms with van der Waals surface area (Å²) in [6, 6.07) is 8.27. The van der Waals surface area contributed by atoms with Crippen LogP contribution < -0.4 is 5.32 Å². The van der Waals surface area contributed by atoms with E-state index >= 15 is 0 Å². The van der Waals surface area contributed by atoms with E-state index in [0.717, 1.165) is 17.5 Å². The summed E-state index contributed by atoms with van der Waals surface area (Å²) >= 11 is 5.93. The molecular formula is C18H29ClN2. The lowest BCUT2D eigenvalue weighted by molar-refractivity contribution is 0.175. The summed E-state index contributed by atoms with van der Waals surface area (Å²) in [5.41, 5.74) is 1.37. The first-order chi connectivity index (χ1) is 10.3. The lowest BCUT2D eigenvalue weighted by atomic mass is 9.96. The number of piperidine rings is 1. The second-order valence-electron chi connectivity index (χ2n) is 6.26. The van der Waals surface area contributed by atoms with Gasteiger partial charge in [-0.05, 0) is 69.1 Å². The molecule has 1 aliphatic rings. The van der Waals surface area contributed by atoms with E-state index in [1.54, 1.807) is 0 Å². The van der Waals surface area contributed by atoms with E-state index in [9.17, 15) is 0 Å². The largest absolute Gasteiger partial charge is 0.316 e. The van der Waals surface area contributed by atoms with Crippen molar-refractivity contribution in [3.63, 3.8) is 0 Å². The minimum atomic E-state index is 0.826. The Morgan fingerprint density at radius 2 is 1.86 bits per heavy atom. The van der Waals surface area contributed by atoms with Gasteiger partial charge in [0.05, 0.1) is 0 Å². The molecule has 1 saturated heterocycles. The van der Waals surface area contributed by atoms with Crippen molar-refractivity contribution in [2.45, 2.75) is 45.6 Å². The summed E-state index contributed by atoms with van der Waals surface area (Å²) in [5.74, 6) is 0.869. The zero-order chi connectivity index (χ0) is 14.9. The number of benzene rings is 1. The summed E-state index contributed by atoms with van der Waals surface area (Å²) in [5, 5.41) is 4.45. The highest BCUT2D eigenvalue weighted by Gasteiger charge is 2.18. The third kappa shape index (κ3) is 6.37. The molecule has 1 aromatic rings. The van der Waals surface area contributed by atoms with Crippen molar-refractivity contribution in [3.05, 3.63) is 34.9 Å². The van der Waals surface area contributed by atoms with Crippen LogP contribution >= 0.6 is 11.6 Å². The van der Waals surface area contributed by atoms with Crippen LogP contribution in [0.4, 0.5) is 0 Å². The Bertz CT molecular complexity index is 383. The number of rotatable bonds is 8. The highest BCUT2D eigenvalue weighted by Crippen LogP contribution is 2.19. The highest BCUT2D eigenvalue weighted by atomic mass is 35.5. The topological polar surface area (TPSA) is 15.3 Å². The molecule has 0 unspecified atom stereocenters. The molecule has 0 amide bonds. The molecule has 1 heterocycles. The average molecular weight is 309 g/mol. The molecule has 21 heavy (non-hydrogen) atoms. The Balaban J connectivity index is 1.60. The molecule has 0 spiro atoms. The van der Waals surface area contributed by atoms with E-state index in [1.165, 1.54) is 63.8 Å². The van der Waals surface area contributed by atoms with Gasteiger partial charge in [0.2, 0.25) is 0 Å². The fourth-order valence-electron chi connectivity index (χ4n) is 3.00. The Morgan fingerprint density at radius 1 is 1.14 bits per heavy atom. The first-order valence-electron chi connectivity index (χ1n) is 8.45. The molecule has 0 radical (unpaired) electrons. The van der Waals surface area contributed by atoms with Crippen molar-refractivity contribution >= 4 is 11.6 Å². The van der Waals surface area contributed by atoms with Gasteiger partial charge in [-0.15, -0.1) is 0 Å². The van der Waals surface area contributed by atoms with Gasteiger partial charge in [-0.1, -0.05) is 43.5 Å². The fourth-order valence-corrected chi connectivity index (χ4v) is 3.13. The Morgan fingerprint density at radius 3 is 2.52 bits per heavy atom. The van der Waals surface area contributed by atoms with Gasteiger partial charge in [0.1, 0.15) is 0 Å². The summed E-state index contributed by atoms with van der Waals surface area (Å²) in [6.45, 7) is 8.18. The third-order valence-corrected chi connectivity index (χ3v) is 4.67. The number of nitrogens with one attached hydrogen (secondary N) is 1. The van der Waals surface area contributed by atoms with E-state index in [-0.39, 0.29) is 0 Å². The maximum Gasteiger partial charge on any atom is 0.0406 e. The van der Waals surface area contributed by atoms with Crippen LogP contribution in [0.25, 0.3) is 0 Å². The number of hydrogen-bond donors (Lipinski definition) is 1. The van der Waals surface area contributed by atoms with Crippen molar-refractivity contribution in [3.8, 4) is 0 Å². The molecular weight excluding hydrogens is 280 g/mol. The minimum Gasteiger partial charge on any atom is -0.316 e. The summed E-state index contributed by atoms with van der Waals surface area (Å²) in [7, 11) is 0. The molecule has 0 saturated carbocycles. The van der Waals surface area contributed by atoms with Gasteiger partial charge in [-0.2, -0.15) is 0 Å². The molecule has 2 rings (SSSR count). The molecule has 1 fully saturated rings. The molecule has 0 aromatic heterocycles. The molecule has 3 heteroatoms. The predicted octanol–water partition coefficient (Wildman–Crippen LogP) is 4.33. The Labute approximate surface area is 134 Å². The summed E-state index contributed by atoms with van der Waals surface area (Å²) < 4.78 is 0. The third-order valence-electron chi connectivity index (χ3n) is 4.42. The number of nitrogens with zero attached hydrogens (tertiary/aromatic N) is 1. The molecule has 1 N–H and O–H groups in total. The molecule has 118 valence electrons. The number of likely N-dealkylation sites (tertiary alicyclic amines) is 1. The van der Waals surface area contributed by atoms with Crippen LogP contribution in [-0.2, 0) is 6.54 Å². The van der Waals surface area contributed by atoms with Crippen molar-refractivity contribution < 1.29 is 0 Å². The maximum atomic E-state index is 5.93. The highest BCUT2D eigenvalue weighted by molar-refractivity contribution is 6.30. The van der Waals surface area contributed by atoms with Crippen molar-refractivity contribution in [1.29, 1.82) is 0 Å². The van der Waals surface area contributed by atoms with E-state index in [2.05, 4.69) is 29.3 Å². The van der Waals surface area contributed by atoms with E-state index < -0.39 is 0 Å². The fraction of sp³-hybridized carbons (Fsp3) is 0.667. The quantitative estimate of drug-likeness (QED) is 0.719. The van der Waals surface area contributed by atoms with Crippen LogP contribution in [0.3, 0.4) is 0 Å². The van der Waals surface area contributed by atoms with E-state index in [0.29, 0.717) is 0 Å². The monoisotopic (exact) mass is 308 g/mol. The van der Waals surface area contributed by atoms with Crippen LogP contribution in [0, 0.1) is 5.92 Å². The van der Waals surface area contributed by atoms with Crippen LogP contribution in [0.15, 0.2) is 24.3 Å². The lowest BCUT2D eigenvalue weighted by Gasteiger charge is -2.32. The van der Waals surface area contributed by atoms with Gasteiger partial charge in [-0.3, -0.25) is 4.90 Å². The maximum absolute atomic E-state index is 5.93. The zero-order valence-electron chi connectivity index (χ0n) is 13.3. The van der Waals surface area contributed by atoms with E-state index in [1.807, 2.05) is 12.1 Å². The smallest absolute Gasteiger partial charge is 0.0406 e.